The molecule has 0 amide bonds. The number of hydrogen-bond donors (Lipinski definition) is 1. The molecule has 19 heavy (non-hydrogen) atoms. The van der Waals surface area contributed by atoms with Crippen molar-refractivity contribution in [2.24, 2.45) is 0 Å². The molecule has 1 N–H and O–H groups in total. The second kappa shape index (κ2) is 5.70. The standard InChI is InChI=1S/C14H19Br2N3/c1-19-11-3-2-4-12(19)7-10(6-11)18-14-13(16)5-9(15)8-17-14/h5,8,10-12H,2-4,6-7H2,1H3,(H,17,18). The van der Waals surface area contributed by atoms with Crippen molar-refractivity contribution in [3.63, 3.8) is 0 Å². The van der Waals surface area contributed by atoms with Gasteiger partial charge in [-0.15, -0.1) is 0 Å². The van der Waals surface area contributed by atoms with E-state index in [1.165, 1.54) is 32.1 Å². The minimum absolute atomic E-state index is 0.552. The zero-order valence-corrected chi connectivity index (χ0v) is 14.2. The van der Waals surface area contributed by atoms with E-state index in [-0.39, 0.29) is 0 Å². The van der Waals surface area contributed by atoms with Gasteiger partial charge in [0, 0.05) is 28.8 Å². The summed E-state index contributed by atoms with van der Waals surface area (Å²) in [7, 11) is 2.29. The minimum atomic E-state index is 0.552. The first kappa shape index (κ1) is 13.8. The first-order chi connectivity index (χ1) is 9.13. The summed E-state index contributed by atoms with van der Waals surface area (Å²) in [5.74, 6) is 0.968. The van der Waals surface area contributed by atoms with Crippen LogP contribution >= 0.6 is 31.9 Å². The highest BCUT2D eigenvalue weighted by Gasteiger charge is 2.36. The Morgan fingerprint density at radius 1 is 1.26 bits per heavy atom. The van der Waals surface area contributed by atoms with Gasteiger partial charge in [-0.2, -0.15) is 0 Å². The largest absolute Gasteiger partial charge is 0.366 e. The molecule has 3 heterocycles. The SMILES string of the molecule is CN1C2CCCC1CC(Nc1ncc(Br)cc1Br)C2. The summed E-state index contributed by atoms with van der Waals surface area (Å²) in [4.78, 5) is 7.06. The molecule has 0 aromatic carbocycles. The van der Waals surface area contributed by atoms with Gasteiger partial charge < -0.3 is 10.2 Å². The van der Waals surface area contributed by atoms with Crippen LogP contribution in [0.25, 0.3) is 0 Å². The lowest BCUT2D eigenvalue weighted by Crippen LogP contribution is -2.52. The van der Waals surface area contributed by atoms with E-state index in [0.717, 1.165) is 26.8 Å². The van der Waals surface area contributed by atoms with Crippen molar-refractivity contribution >= 4 is 37.7 Å². The number of rotatable bonds is 2. The number of pyridine rings is 1. The lowest BCUT2D eigenvalue weighted by molar-refractivity contribution is 0.0608. The zero-order chi connectivity index (χ0) is 13.4. The van der Waals surface area contributed by atoms with Gasteiger partial charge in [-0.25, -0.2) is 4.98 Å². The van der Waals surface area contributed by atoms with Gasteiger partial charge in [-0.05, 0) is 70.7 Å². The molecule has 2 aliphatic rings. The van der Waals surface area contributed by atoms with Crippen LogP contribution in [0.2, 0.25) is 0 Å². The van der Waals surface area contributed by atoms with E-state index in [0.29, 0.717) is 6.04 Å². The van der Waals surface area contributed by atoms with E-state index in [1.54, 1.807) is 0 Å². The molecule has 104 valence electrons. The van der Waals surface area contributed by atoms with Crippen LogP contribution in [0.5, 0.6) is 0 Å². The normalized spacial score (nSPS) is 31.2. The van der Waals surface area contributed by atoms with Gasteiger partial charge in [0.2, 0.25) is 0 Å². The summed E-state index contributed by atoms with van der Waals surface area (Å²) in [6.07, 6.45) is 8.41. The summed E-state index contributed by atoms with van der Waals surface area (Å²) >= 11 is 7.02. The lowest BCUT2D eigenvalue weighted by atomic mass is 9.82. The molecule has 0 spiro atoms. The Morgan fingerprint density at radius 3 is 2.58 bits per heavy atom. The molecule has 2 aliphatic heterocycles. The topological polar surface area (TPSA) is 28.2 Å². The number of nitrogens with zero attached hydrogens (tertiary/aromatic N) is 2. The predicted molar refractivity (Wildman–Crippen MR) is 85.5 cm³/mol. The third-order valence-electron chi connectivity index (χ3n) is 4.49. The fourth-order valence-electron chi connectivity index (χ4n) is 3.45. The fourth-order valence-corrected chi connectivity index (χ4v) is 4.55. The van der Waals surface area contributed by atoms with E-state index in [9.17, 15) is 0 Å². The average Bonchev–Trinajstić information content (AvgIpc) is 2.34. The second-order valence-electron chi connectivity index (χ2n) is 5.70. The number of fused-ring (bicyclic) bond motifs is 2. The molecule has 0 aliphatic carbocycles. The Kier molecular flexibility index (Phi) is 4.15. The zero-order valence-electron chi connectivity index (χ0n) is 11.1. The van der Waals surface area contributed by atoms with Crippen LogP contribution in [0, 0.1) is 0 Å². The highest BCUT2D eigenvalue weighted by molar-refractivity contribution is 9.11. The van der Waals surface area contributed by atoms with E-state index in [4.69, 9.17) is 0 Å². The van der Waals surface area contributed by atoms with Gasteiger partial charge in [-0.1, -0.05) is 6.42 Å². The van der Waals surface area contributed by atoms with Crippen molar-refractivity contribution in [3.05, 3.63) is 21.2 Å². The van der Waals surface area contributed by atoms with Crippen molar-refractivity contribution in [1.29, 1.82) is 0 Å². The van der Waals surface area contributed by atoms with Gasteiger partial charge in [-0.3, -0.25) is 0 Å². The van der Waals surface area contributed by atoms with Crippen LogP contribution in [0.4, 0.5) is 5.82 Å². The summed E-state index contributed by atoms with van der Waals surface area (Å²) in [6, 6.07) is 4.10. The van der Waals surface area contributed by atoms with Gasteiger partial charge in [0.15, 0.2) is 0 Å². The number of aromatic nitrogens is 1. The molecule has 2 unspecified atom stereocenters. The van der Waals surface area contributed by atoms with Crippen molar-refractivity contribution in [2.45, 2.75) is 50.2 Å². The third kappa shape index (κ3) is 2.98. The average molecular weight is 389 g/mol. The fraction of sp³-hybridized carbons (Fsp3) is 0.643. The monoisotopic (exact) mass is 387 g/mol. The molecule has 3 rings (SSSR count). The molecule has 2 atom stereocenters. The Bertz CT molecular complexity index is 452. The van der Waals surface area contributed by atoms with Crippen molar-refractivity contribution in [2.75, 3.05) is 12.4 Å². The molecule has 2 bridgehead atoms. The van der Waals surface area contributed by atoms with Crippen LogP contribution in [0.3, 0.4) is 0 Å². The molecular formula is C14H19Br2N3. The number of nitrogens with one attached hydrogen (secondary N) is 1. The molecule has 3 nitrogen and oxygen atoms in total. The van der Waals surface area contributed by atoms with Crippen LogP contribution in [0.1, 0.15) is 32.1 Å². The maximum Gasteiger partial charge on any atom is 0.140 e. The Labute approximate surface area is 131 Å². The maximum atomic E-state index is 4.47. The lowest BCUT2D eigenvalue weighted by Gasteiger charge is -2.47. The van der Waals surface area contributed by atoms with Crippen LogP contribution in [-0.4, -0.2) is 35.1 Å². The summed E-state index contributed by atoms with van der Waals surface area (Å²) < 4.78 is 2.04. The second-order valence-corrected chi connectivity index (χ2v) is 7.47. The molecule has 0 radical (unpaired) electrons. The molecular weight excluding hydrogens is 370 g/mol. The Hall–Kier alpha value is -0.130. The predicted octanol–water partition coefficient (Wildman–Crippen LogP) is 4.03. The molecule has 0 saturated carbocycles. The quantitative estimate of drug-likeness (QED) is 0.828. The molecule has 5 heteroatoms. The first-order valence-electron chi connectivity index (χ1n) is 6.93. The number of halogens is 2. The van der Waals surface area contributed by atoms with Crippen LogP contribution in [-0.2, 0) is 0 Å². The molecule has 1 aromatic rings. The Morgan fingerprint density at radius 2 is 1.95 bits per heavy atom. The third-order valence-corrected chi connectivity index (χ3v) is 5.53. The minimum Gasteiger partial charge on any atom is -0.366 e. The van der Waals surface area contributed by atoms with E-state index in [2.05, 4.69) is 54.1 Å². The highest BCUT2D eigenvalue weighted by atomic mass is 79.9. The van der Waals surface area contributed by atoms with Crippen molar-refractivity contribution < 1.29 is 0 Å². The maximum absolute atomic E-state index is 4.47. The highest BCUT2D eigenvalue weighted by Crippen LogP contribution is 2.34. The smallest absolute Gasteiger partial charge is 0.140 e. The van der Waals surface area contributed by atoms with Crippen LogP contribution < -0.4 is 5.32 Å². The van der Waals surface area contributed by atoms with Crippen LogP contribution in [0.15, 0.2) is 21.2 Å². The van der Waals surface area contributed by atoms with E-state index >= 15 is 0 Å². The number of hydrogen-bond acceptors (Lipinski definition) is 3. The van der Waals surface area contributed by atoms with Gasteiger partial charge in [0.05, 0.1) is 4.47 Å². The molecule has 2 saturated heterocycles. The first-order valence-corrected chi connectivity index (χ1v) is 8.51. The van der Waals surface area contributed by atoms with E-state index in [1.807, 2.05) is 12.3 Å². The summed E-state index contributed by atoms with van der Waals surface area (Å²) in [6.45, 7) is 0. The molecule has 2 fully saturated rings. The van der Waals surface area contributed by atoms with E-state index < -0.39 is 0 Å². The van der Waals surface area contributed by atoms with Gasteiger partial charge in [0.1, 0.15) is 5.82 Å². The Balaban J connectivity index is 1.70. The summed E-state index contributed by atoms with van der Waals surface area (Å²) in [5.41, 5.74) is 0. The number of piperidine rings is 2. The molecule has 1 aromatic heterocycles. The van der Waals surface area contributed by atoms with Gasteiger partial charge in [0.25, 0.3) is 0 Å². The van der Waals surface area contributed by atoms with Gasteiger partial charge >= 0.3 is 0 Å². The van der Waals surface area contributed by atoms with Crippen molar-refractivity contribution in [3.8, 4) is 0 Å². The number of anilines is 1. The summed E-state index contributed by atoms with van der Waals surface area (Å²) in [5, 5.41) is 3.62. The van der Waals surface area contributed by atoms with Crippen molar-refractivity contribution in [1.82, 2.24) is 9.88 Å².